The molecule has 0 aromatic heterocycles. The van der Waals surface area contributed by atoms with Crippen molar-refractivity contribution in [3.63, 3.8) is 0 Å². The third-order valence-corrected chi connectivity index (χ3v) is 2.66. The second kappa shape index (κ2) is 5.64. The summed E-state index contributed by atoms with van der Waals surface area (Å²) in [6.07, 6.45) is 7.06. The molecule has 1 aromatic carbocycles. The van der Waals surface area contributed by atoms with E-state index in [1.54, 1.807) is 0 Å². The van der Waals surface area contributed by atoms with E-state index in [4.69, 9.17) is 0 Å². The van der Waals surface area contributed by atoms with E-state index in [1.807, 2.05) is 6.08 Å². The maximum Gasteiger partial charge on any atom is -0.0260 e. The van der Waals surface area contributed by atoms with Gasteiger partial charge in [0.2, 0.25) is 0 Å². The monoisotopic (exact) mass is 188 g/mol. The average molecular weight is 188 g/mol. The highest BCUT2D eigenvalue weighted by Gasteiger charge is 1.98. The molecule has 0 aliphatic carbocycles. The van der Waals surface area contributed by atoms with Crippen LogP contribution in [0.25, 0.3) is 6.08 Å². The normalized spacial score (nSPS) is 10.1. The van der Waals surface area contributed by atoms with E-state index in [2.05, 4.69) is 38.6 Å². The van der Waals surface area contributed by atoms with Gasteiger partial charge in [-0.3, -0.25) is 0 Å². The first-order chi connectivity index (χ1) is 6.77. The van der Waals surface area contributed by atoms with Crippen LogP contribution < -0.4 is 0 Å². The summed E-state index contributed by atoms with van der Waals surface area (Å²) in [5, 5.41) is 0. The van der Waals surface area contributed by atoms with Crippen molar-refractivity contribution in [3.8, 4) is 0 Å². The van der Waals surface area contributed by atoms with E-state index in [0.717, 1.165) is 0 Å². The molecule has 1 aromatic rings. The van der Waals surface area contributed by atoms with Gasteiger partial charge in [0.05, 0.1) is 0 Å². The van der Waals surface area contributed by atoms with E-state index in [9.17, 15) is 0 Å². The fraction of sp³-hybridized carbons (Fsp3) is 0.429. The highest BCUT2D eigenvalue weighted by Crippen LogP contribution is 2.15. The summed E-state index contributed by atoms with van der Waals surface area (Å²) in [6.45, 7) is 8.23. The molecule has 0 bridgehead atoms. The Morgan fingerprint density at radius 1 is 1.29 bits per heavy atom. The number of benzene rings is 1. The first kappa shape index (κ1) is 11.0. The Morgan fingerprint density at radius 2 is 2.07 bits per heavy atom. The number of hydrogen-bond donors (Lipinski definition) is 0. The Kier molecular flexibility index (Phi) is 4.45. The lowest BCUT2D eigenvalue weighted by molar-refractivity contribution is 0.715. The largest absolute Gasteiger partial charge is 0.0985 e. The zero-order valence-electron chi connectivity index (χ0n) is 9.34. The minimum absolute atomic E-state index is 1.21. The van der Waals surface area contributed by atoms with Crippen molar-refractivity contribution in [2.45, 2.75) is 39.5 Å². The quantitative estimate of drug-likeness (QED) is 0.602. The molecule has 0 aliphatic rings. The van der Waals surface area contributed by atoms with Crippen LogP contribution in [-0.2, 0) is 6.42 Å². The van der Waals surface area contributed by atoms with Crippen LogP contribution in [0.5, 0.6) is 0 Å². The topological polar surface area (TPSA) is 0 Å². The summed E-state index contributed by atoms with van der Waals surface area (Å²) in [5.41, 5.74) is 4.13. The van der Waals surface area contributed by atoms with E-state index >= 15 is 0 Å². The van der Waals surface area contributed by atoms with Crippen LogP contribution in [0.4, 0.5) is 0 Å². The zero-order valence-corrected chi connectivity index (χ0v) is 9.34. The molecule has 0 saturated carbocycles. The van der Waals surface area contributed by atoms with Gasteiger partial charge < -0.3 is 0 Å². The van der Waals surface area contributed by atoms with Gasteiger partial charge in [-0.2, -0.15) is 0 Å². The Bertz CT molecular complexity index is 297. The van der Waals surface area contributed by atoms with Gasteiger partial charge in [0.15, 0.2) is 0 Å². The molecule has 14 heavy (non-hydrogen) atoms. The fourth-order valence-corrected chi connectivity index (χ4v) is 1.65. The fourth-order valence-electron chi connectivity index (χ4n) is 1.65. The standard InChI is InChI=1S/C14H20/c1-4-6-7-8-14-11-13(5-2)10-9-12(14)3/h5,9-11H,2,4,6-8H2,1,3H3. The minimum atomic E-state index is 1.21. The first-order valence-corrected chi connectivity index (χ1v) is 5.50. The van der Waals surface area contributed by atoms with Gasteiger partial charge in [0, 0.05) is 0 Å². The first-order valence-electron chi connectivity index (χ1n) is 5.50. The second-order valence-electron chi connectivity index (χ2n) is 3.85. The van der Waals surface area contributed by atoms with Gasteiger partial charge in [-0.25, -0.2) is 0 Å². The highest BCUT2D eigenvalue weighted by atomic mass is 14.0. The molecule has 0 fully saturated rings. The highest BCUT2D eigenvalue weighted by molar-refractivity contribution is 5.49. The van der Waals surface area contributed by atoms with Gasteiger partial charge in [-0.15, -0.1) is 0 Å². The van der Waals surface area contributed by atoms with Crippen LogP contribution in [0.2, 0.25) is 0 Å². The molecule has 0 amide bonds. The van der Waals surface area contributed by atoms with Crippen molar-refractivity contribution in [2.75, 3.05) is 0 Å². The van der Waals surface area contributed by atoms with Crippen LogP contribution in [-0.4, -0.2) is 0 Å². The van der Waals surface area contributed by atoms with Crippen molar-refractivity contribution < 1.29 is 0 Å². The van der Waals surface area contributed by atoms with Gasteiger partial charge in [0.25, 0.3) is 0 Å². The maximum absolute atomic E-state index is 3.80. The number of hydrogen-bond acceptors (Lipinski definition) is 0. The lowest BCUT2D eigenvalue weighted by atomic mass is 10.00. The van der Waals surface area contributed by atoms with Gasteiger partial charge in [-0.05, 0) is 36.5 Å². The van der Waals surface area contributed by atoms with E-state index in [-0.39, 0.29) is 0 Å². The molecular formula is C14H20. The van der Waals surface area contributed by atoms with E-state index in [1.165, 1.54) is 42.4 Å². The second-order valence-corrected chi connectivity index (χ2v) is 3.85. The predicted molar refractivity (Wildman–Crippen MR) is 64.5 cm³/mol. The molecule has 0 N–H and O–H groups in total. The van der Waals surface area contributed by atoms with Crippen LogP contribution >= 0.6 is 0 Å². The van der Waals surface area contributed by atoms with Crippen molar-refractivity contribution in [1.82, 2.24) is 0 Å². The lowest BCUT2D eigenvalue weighted by Crippen LogP contribution is -1.90. The summed E-state index contributed by atoms with van der Waals surface area (Å²) < 4.78 is 0. The molecule has 0 nitrogen and oxygen atoms in total. The average Bonchev–Trinajstić information content (AvgIpc) is 2.21. The molecule has 1 rings (SSSR count). The van der Waals surface area contributed by atoms with Gasteiger partial charge in [0.1, 0.15) is 0 Å². The molecule has 0 atom stereocenters. The molecule has 0 aliphatic heterocycles. The molecule has 0 radical (unpaired) electrons. The summed E-state index contributed by atoms with van der Waals surface area (Å²) in [7, 11) is 0. The molecule has 0 heterocycles. The molecule has 76 valence electrons. The number of aryl methyl sites for hydroxylation is 2. The zero-order chi connectivity index (χ0) is 10.4. The third-order valence-electron chi connectivity index (χ3n) is 2.66. The lowest BCUT2D eigenvalue weighted by Gasteiger charge is -2.06. The van der Waals surface area contributed by atoms with Crippen LogP contribution in [0.15, 0.2) is 24.8 Å². The molecule has 0 heteroatoms. The van der Waals surface area contributed by atoms with Crippen molar-refractivity contribution in [2.24, 2.45) is 0 Å². The summed E-state index contributed by atoms with van der Waals surface area (Å²) in [5.74, 6) is 0. The smallest absolute Gasteiger partial charge is 0.0260 e. The Morgan fingerprint density at radius 3 is 2.71 bits per heavy atom. The van der Waals surface area contributed by atoms with Gasteiger partial charge in [-0.1, -0.05) is 50.6 Å². The predicted octanol–water partition coefficient (Wildman–Crippen LogP) is 4.37. The maximum atomic E-state index is 3.80. The van der Waals surface area contributed by atoms with E-state index in [0.29, 0.717) is 0 Å². The summed E-state index contributed by atoms with van der Waals surface area (Å²) in [4.78, 5) is 0. The number of rotatable bonds is 5. The van der Waals surface area contributed by atoms with Gasteiger partial charge >= 0.3 is 0 Å². The molecular weight excluding hydrogens is 168 g/mol. The molecule has 0 unspecified atom stereocenters. The van der Waals surface area contributed by atoms with Crippen LogP contribution in [0.1, 0.15) is 42.9 Å². The minimum Gasteiger partial charge on any atom is -0.0985 e. The summed E-state index contributed by atoms with van der Waals surface area (Å²) >= 11 is 0. The molecule has 0 saturated heterocycles. The van der Waals surface area contributed by atoms with Crippen molar-refractivity contribution >= 4 is 6.08 Å². The third kappa shape index (κ3) is 3.02. The molecule has 0 spiro atoms. The Balaban J connectivity index is 2.68. The summed E-state index contributed by atoms with van der Waals surface area (Å²) in [6, 6.07) is 6.59. The van der Waals surface area contributed by atoms with Crippen LogP contribution in [0.3, 0.4) is 0 Å². The van der Waals surface area contributed by atoms with Crippen molar-refractivity contribution in [1.29, 1.82) is 0 Å². The SMILES string of the molecule is C=Cc1ccc(C)c(CCCCC)c1. The van der Waals surface area contributed by atoms with Crippen LogP contribution in [0, 0.1) is 6.92 Å². The van der Waals surface area contributed by atoms with Crippen molar-refractivity contribution in [3.05, 3.63) is 41.5 Å². The Hall–Kier alpha value is -1.04. The Labute approximate surface area is 87.7 Å². The number of unbranched alkanes of at least 4 members (excludes halogenated alkanes) is 2. The van der Waals surface area contributed by atoms with E-state index < -0.39 is 0 Å².